The molecule has 0 saturated carbocycles. The van der Waals surface area contributed by atoms with Gasteiger partial charge in [0.05, 0.1) is 12.5 Å². The number of nitrogens with one attached hydrogen (secondary N) is 1. The summed E-state index contributed by atoms with van der Waals surface area (Å²) in [6.07, 6.45) is 5.04. The van der Waals surface area contributed by atoms with E-state index in [4.69, 9.17) is 4.42 Å². The Morgan fingerprint density at radius 1 is 1.28 bits per heavy atom. The molecule has 0 saturated heterocycles. The third kappa shape index (κ3) is 3.20. The second kappa shape index (κ2) is 6.36. The van der Waals surface area contributed by atoms with E-state index in [0.29, 0.717) is 6.42 Å². The SMILES string of the molecule is CCCNC(Cc1ccccc1F)c1ccoc1. The largest absolute Gasteiger partial charge is 0.472 e. The zero-order valence-corrected chi connectivity index (χ0v) is 10.5. The molecule has 1 unspecified atom stereocenters. The highest BCUT2D eigenvalue weighted by Gasteiger charge is 2.14. The predicted molar refractivity (Wildman–Crippen MR) is 69.8 cm³/mol. The highest BCUT2D eigenvalue weighted by atomic mass is 19.1. The number of hydrogen-bond acceptors (Lipinski definition) is 2. The van der Waals surface area contributed by atoms with E-state index in [9.17, 15) is 4.39 Å². The zero-order valence-electron chi connectivity index (χ0n) is 10.5. The molecule has 0 spiro atoms. The van der Waals surface area contributed by atoms with E-state index >= 15 is 0 Å². The quantitative estimate of drug-likeness (QED) is 0.842. The van der Waals surface area contributed by atoms with E-state index in [-0.39, 0.29) is 11.9 Å². The van der Waals surface area contributed by atoms with Crippen LogP contribution in [0.4, 0.5) is 4.39 Å². The first-order valence-electron chi connectivity index (χ1n) is 6.30. The molecule has 0 fully saturated rings. The molecule has 2 rings (SSSR count). The maximum Gasteiger partial charge on any atom is 0.126 e. The predicted octanol–water partition coefficient (Wildman–Crippen LogP) is 3.70. The second-order valence-corrected chi connectivity index (χ2v) is 4.36. The van der Waals surface area contributed by atoms with Gasteiger partial charge in [0.25, 0.3) is 0 Å². The molecule has 0 bridgehead atoms. The van der Waals surface area contributed by atoms with Crippen LogP contribution in [0, 0.1) is 5.82 Å². The molecule has 2 nitrogen and oxygen atoms in total. The summed E-state index contributed by atoms with van der Waals surface area (Å²) in [5, 5.41) is 3.42. The Hall–Kier alpha value is -1.61. The lowest BCUT2D eigenvalue weighted by Crippen LogP contribution is -2.24. The fraction of sp³-hybridized carbons (Fsp3) is 0.333. The molecule has 1 N–H and O–H groups in total. The van der Waals surface area contributed by atoms with Gasteiger partial charge in [0.1, 0.15) is 5.82 Å². The van der Waals surface area contributed by atoms with Gasteiger partial charge in [0.15, 0.2) is 0 Å². The molecule has 0 aliphatic rings. The molecule has 96 valence electrons. The van der Waals surface area contributed by atoms with Crippen LogP contribution in [0.3, 0.4) is 0 Å². The fourth-order valence-corrected chi connectivity index (χ4v) is 1.98. The van der Waals surface area contributed by atoms with Gasteiger partial charge in [-0.1, -0.05) is 25.1 Å². The Morgan fingerprint density at radius 2 is 2.11 bits per heavy atom. The van der Waals surface area contributed by atoms with Gasteiger partial charge in [-0.15, -0.1) is 0 Å². The van der Waals surface area contributed by atoms with Crippen molar-refractivity contribution in [2.24, 2.45) is 0 Å². The summed E-state index contributed by atoms with van der Waals surface area (Å²) in [7, 11) is 0. The topological polar surface area (TPSA) is 25.2 Å². The van der Waals surface area contributed by atoms with E-state index in [1.165, 1.54) is 6.07 Å². The Bertz CT molecular complexity index is 467. The average Bonchev–Trinajstić information content (AvgIpc) is 2.90. The fourth-order valence-electron chi connectivity index (χ4n) is 1.98. The van der Waals surface area contributed by atoms with Gasteiger partial charge in [-0.2, -0.15) is 0 Å². The summed E-state index contributed by atoms with van der Waals surface area (Å²) in [6, 6.07) is 8.93. The molecular weight excluding hydrogens is 229 g/mol. The molecule has 1 atom stereocenters. The van der Waals surface area contributed by atoms with Crippen molar-refractivity contribution in [3.05, 3.63) is 59.8 Å². The first-order chi connectivity index (χ1) is 8.81. The molecule has 1 aromatic carbocycles. The van der Waals surface area contributed by atoms with Crippen molar-refractivity contribution in [1.82, 2.24) is 5.32 Å². The molecule has 0 aliphatic carbocycles. The molecule has 2 aromatic rings. The third-order valence-corrected chi connectivity index (χ3v) is 2.97. The first kappa shape index (κ1) is 12.8. The minimum absolute atomic E-state index is 0.0978. The van der Waals surface area contributed by atoms with Crippen LogP contribution in [0.15, 0.2) is 47.3 Å². The minimum Gasteiger partial charge on any atom is -0.472 e. The van der Waals surface area contributed by atoms with Crippen LogP contribution in [0.5, 0.6) is 0 Å². The zero-order chi connectivity index (χ0) is 12.8. The van der Waals surface area contributed by atoms with Crippen LogP contribution >= 0.6 is 0 Å². The van der Waals surface area contributed by atoms with Crippen LogP contribution in [0.2, 0.25) is 0 Å². The number of benzene rings is 1. The van der Waals surface area contributed by atoms with Gasteiger partial charge in [-0.25, -0.2) is 4.39 Å². The third-order valence-electron chi connectivity index (χ3n) is 2.97. The smallest absolute Gasteiger partial charge is 0.126 e. The Kier molecular flexibility index (Phi) is 4.53. The molecule has 0 radical (unpaired) electrons. The summed E-state index contributed by atoms with van der Waals surface area (Å²) >= 11 is 0. The van der Waals surface area contributed by atoms with Crippen molar-refractivity contribution in [1.29, 1.82) is 0 Å². The molecule has 1 aromatic heterocycles. The summed E-state index contributed by atoms with van der Waals surface area (Å²) < 4.78 is 18.8. The van der Waals surface area contributed by atoms with Crippen molar-refractivity contribution in [2.75, 3.05) is 6.54 Å². The van der Waals surface area contributed by atoms with Crippen molar-refractivity contribution in [3.63, 3.8) is 0 Å². The van der Waals surface area contributed by atoms with Crippen LogP contribution < -0.4 is 5.32 Å². The molecule has 18 heavy (non-hydrogen) atoms. The van der Waals surface area contributed by atoms with Crippen LogP contribution in [0.25, 0.3) is 0 Å². The summed E-state index contributed by atoms with van der Waals surface area (Å²) in [6.45, 7) is 3.02. The molecular formula is C15H18FNO. The van der Waals surface area contributed by atoms with Crippen molar-refractivity contribution >= 4 is 0 Å². The second-order valence-electron chi connectivity index (χ2n) is 4.36. The van der Waals surface area contributed by atoms with E-state index in [1.807, 2.05) is 18.2 Å². The van der Waals surface area contributed by atoms with E-state index in [1.54, 1.807) is 18.6 Å². The molecule has 1 heterocycles. The average molecular weight is 247 g/mol. The van der Waals surface area contributed by atoms with E-state index in [2.05, 4.69) is 12.2 Å². The van der Waals surface area contributed by atoms with Crippen molar-refractivity contribution < 1.29 is 8.81 Å². The summed E-state index contributed by atoms with van der Waals surface area (Å²) in [5.74, 6) is -0.149. The maximum absolute atomic E-state index is 13.7. The standard InChI is InChI=1S/C15H18FNO/c1-2-8-17-15(13-7-9-18-11-13)10-12-5-3-4-6-14(12)16/h3-7,9,11,15,17H,2,8,10H2,1H3. The summed E-state index contributed by atoms with van der Waals surface area (Å²) in [5.41, 5.74) is 1.79. The molecule has 0 amide bonds. The molecule has 3 heteroatoms. The Morgan fingerprint density at radius 3 is 2.78 bits per heavy atom. The monoisotopic (exact) mass is 247 g/mol. The van der Waals surface area contributed by atoms with Gasteiger partial charge in [-0.3, -0.25) is 0 Å². The Labute approximate surface area is 107 Å². The van der Waals surface area contributed by atoms with Gasteiger partial charge in [0.2, 0.25) is 0 Å². The molecule has 0 aliphatic heterocycles. The lowest BCUT2D eigenvalue weighted by molar-refractivity contribution is 0.501. The van der Waals surface area contributed by atoms with Crippen molar-refractivity contribution in [3.8, 4) is 0 Å². The highest BCUT2D eigenvalue weighted by Crippen LogP contribution is 2.20. The number of hydrogen-bond donors (Lipinski definition) is 1. The lowest BCUT2D eigenvalue weighted by atomic mass is 10.0. The highest BCUT2D eigenvalue weighted by molar-refractivity contribution is 5.22. The van der Waals surface area contributed by atoms with Crippen molar-refractivity contribution in [2.45, 2.75) is 25.8 Å². The number of rotatable bonds is 6. The van der Waals surface area contributed by atoms with Gasteiger partial charge < -0.3 is 9.73 Å². The lowest BCUT2D eigenvalue weighted by Gasteiger charge is -2.17. The van der Waals surface area contributed by atoms with Crippen LogP contribution in [0.1, 0.15) is 30.5 Å². The van der Waals surface area contributed by atoms with Gasteiger partial charge >= 0.3 is 0 Å². The number of furan rings is 1. The first-order valence-corrected chi connectivity index (χ1v) is 6.30. The minimum atomic E-state index is -0.149. The Balaban J connectivity index is 2.13. The van der Waals surface area contributed by atoms with Crippen LogP contribution in [-0.4, -0.2) is 6.54 Å². The van der Waals surface area contributed by atoms with E-state index in [0.717, 1.165) is 24.1 Å². The van der Waals surface area contributed by atoms with E-state index < -0.39 is 0 Å². The number of halogens is 1. The van der Waals surface area contributed by atoms with Gasteiger partial charge in [0, 0.05) is 11.6 Å². The van der Waals surface area contributed by atoms with Gasteiger partial charge in [-0.05, 0) is 37.1 Å². The summed E-state index contributed by atoms with van der Waals surface area (Å²) in [4.78, 5) is 0. The van der Waals surface area contributed by atoms with Crippen LogP contribution in [-0.2, 0) is 6.42 Å². The maximum atomic E-state index is 13.7. The normalized spacial score (nSPS) is 12.6.